The van der Waals surface area contributed by atoms with Gasteiger partial charge in [-0.15, -0.1) is 0 Å². The molecule has 5 heteroatoms. The van der Waals surface area contributed by atoms with Gasteiger partial charge in [0.25, 0.3) is 0 Å². The number of rotatable bonds is 5. The summed E-state index contributed by atoms with van der Waals surface area (Å²) in [6, 6.07) is 11.4. The molecule has 3 aromatic rings. The summed E-state index contributed by atoms with van der Waals surface area (Å²) in [6.07, 6.45) is 4.86. The molecule has 1 aliphatic carbocycles. The third-order valence-electron chi connectivity index (χ3n) is 4.34. The molecule has 1 N–H and O–H groups in total. The van der Waals surface area contributed by atoms with Gasteiger partial charge in [-0.2, -0.15) is 5.10 Å². The van der Waals surface area contributed by atoms with Crippen molar-refractivity contribution in [1.82, 2.24) is 9.61 Å². The minimum Gasteiger partial charge on any atom is -0.478 e. The second kappa shape index (κ2) is 5.67. The van der Waals surface area contributed by atoms with Crippen molar-refractivity contribution in [3.05, 3.63) is 59.4 Å². The fraction of sp³-hybridized carbons (Fsp3) is 0.263. The number of fused-ring (bicyclic) bond motifs is 1. The quantitative estimate of drug-likeness (QED) is 0.762. The minimum absolute atomic E-state index is 0.141. The first-order valence-corrected chi connectivity index (χ1v) is 8.17. The molecule has 122 valence electrons. The topological polar surface area (TPSA) is 63.8 Å². The Balaban J connectivity index is 1.75. The van der Waals surface area contributed by atoms with Crippen LogP contribution >= 0.6 is 0 Å². The molecule has 0 radical (unpaired) electrons. The number of aromatic carboxylic acids is 1. The zero-order valence-electron chi connectivity index (χ0n) is 13.4. The molecule has 0 bridgehead atoms. The zero-order chi connectivity index (χ0) is 16.7. The smallest absolute Gasteiger partial charge is 0.339 e. The fourth-order valence-corrected chi connectivity index (χ4v) is 2.87. The lowest BCUT2D eigenvalue weighted by molar-refractivity contribution is 0.0694. The van der Waals surface area contributed by atoms with E-state index in [1.54, 1.807) is 16.8 Å². The predicted molar refractivity (Wildman–Crippen MR) is 90.0 cm³/mol. The van der Waals surface area contributed by atoms with E-state index in [2.05, 4.69) is 11.2 Å². The molecule has 2 heterocycles. The van der Waals surface area contributed by atoms with Gasteiger partial charge in [-0.05, 0) is 55.0 Å². The van der Waals surface area contributed by atoms with Crippen LogP contribution in [0, 0.1) is 0 Å². The molecule has 2 aromatic heterocycles. The van der Waals surface area contributed by atoms with Crippen molar-refractivity contribution >= 4 is 11.5 Å². The van der Waals surface area contributed by atoms with Crippen molar-refractivity contribution in [2.75, 3.05) is 0 Å². The number of carboxylic acid groups (broad SMARTS) is 1. The summed E-state index contributed by atoms with van der Waals surface area (Å²) in [6.45, 7) is 2.01. The van der Waals surface area contributed by atoms with Crippen LogP contribution in [-0.2, 0) is 6.42 Å². The summed E-state index contributed by atoms with van der Waals surface area (Å²) < 4.78 is 7.57. The Kier molecular flexibility index (Phi) is 3.49. The molecule has 0 aliphatic heterocycles. The number of pyridine rings is 1. The molecule has 0 atom stereocenters. The Bertz CT molecular complexity index is 926. The molecular weight excluding hydrogens is 304 g/mol. The van der Waals surface area contributed by atoms with Crippen LogP contribution in [0.3, 0.4) is 0 Å². The highest BCUT2D eigenvalue weighted by Crippen LogP contribution is 2.41. The molecule has 4 rings (SSSR count). The van der Waals surface area contributed by atoms with Gasteiger partial charge in [-0.3, -0.25) is 0 Å². The molecule has 0 spiro atoms. The highest BCUT2D eigenvalue weighted by molar-refractivity contribution is 5.92. The van der Waals surface area contributed by atoms with Crippen LogP contribution in [-0.4, -0.2) is 20.7 Å². The van der Waals surface area contributed by atoms with Gasteiger partial charge in [-0.1, -0.05) is 19.1 Å². The first-order chi connectivity index (χ1) is 11.6. The molecule has 1 saturated carbocycles. The number of aryl methyl sites for hydroxylation is 1. The van der Waals surface area contributed by atoms with Crippen molar-refractivity contribution in [3.63, 3.8) is 0 Å². The van der Waals surface area contributed by atoms with Gasteiger partial charge in [0.15, 0.2) is 5.75 Å². The van der Waals surface area contributed by atoms with Gasteiger partial charge in [0.05, 0.1) is 17.4 Å². The molecule has 1 aromatic carbocycles. The largest absolute Gasteiger partial charge is 0.478 e. The second-order valence-electron chi connectivity index (χ2n) is 6.16. The Morgan fingerprint density at radius 1 is 1.33 bits per heavy atom. The maximum Gasteiger partial charge on any atom is 0.339 e. The van der Waals surface area contributed by atoms with Gasteiger partial charge in [0.1, 0.15) is 11.3 Å². The molecular formula is C19H18N2O3. The maximum absolute atomic E-state index is 11.6. The van der Waals surface area contributed by atoms with E-state index >= 15 is 0 Å². The zero-order valence-corrected chi connectivity index (χ0v) is 13.4. The lowest BCUT2D eigenvalue weighted by Crippen LogP contribution is -2.03. The first kappa shape index (κ1) is 14.8. The molecule has 1 fully saturated rings. The van der Waals surface area contributed by atoms with Crippen molar-refractivity contribution in [2.45, 2.75) is 32.1 Å². The summed E-state index contributed by atoms with van der Waals surface area (Å²) in [5.74, 6) is 0.566. The van der Waals surface area contributed by atoms with Crippen LogP contribution in [0.2, 0.25) is 0 Å². The molecule has 0 amide bonds. The Labute approximate surface area is 139 Å². The summed E-state index contributed by atoms with van der Waals surface area (Å²) in [7, 11) is 0. The van der Waals surface area contributed by atoms with Gasteiger partial charge in [-0.25, -0.2) is 9.31 Å². The van der Waals surface area contributed by atoms with Crippen LogP contribution in [0.25, 0.3) is 5.52 Å². The number of benzene rings is 1. The Hall–Kier alpha value is -2.82. The predicted octanol–water partition coefficient (Wildman–Crippen LogP) is 4.26. The summed E-state index contributed by atoms with van der Waals surface area (Å²) in [4.78, 5) is 11.6. The SMILES string of the molecule is CCc1cc2cc(C(=O)O)c(Oc3cccc(C4CC4)c3)cn2n1. The summed E-state index contributed by atoms with van der Waals surface area (Å²) in [5.41, 5.74) is 3.06. The van der Waals surface area contributed by atoms with Gasteiger partial charge >= 0.3 is 5.97 Å². The fourth-order valence-electron chi connectivity index (χ4n) is 2.87. The lowest BCUT2D eigenvalue weighted by atomic mass is 10.1. The monoisotopic (exact) mass is 322 g/mol. The Morgan fingerprint density at radius 3 is 2.88 bits per heavy atom. The summed E-state index contributed by atoms with van der Waals surface area (Å²) >= 11 is 0. The third-order valence-corrected chi connectivity index (χ3v) is 4.34. The van der Waals surface area contributed by atoms with E-state index in [1.807, 2.05) is 31.2 Å². The molecule has 0 saturated heterocycles. The minimum atomic E-state index is -1.01. The summed E-state index contributed by atoms with van der Waals surface area (Å²) in [5, 5.41) is 13.9. The van der Waals surface area contributed by atoms with Crippen molar-refractivity contribution in [3.8, 4) is 11.5 Å². The normalized spacial score (nSPS) is 14.0. The number of hydrogen-bond donors (Lipinski definition) is 1. The van der Waals surface area contributed by atoms with E-state index in [-0.39, 0.29) is 5.56 Å². The van der Waals surface area contributed by atoms with E-state index in [4.69, 9.17) is 4.74 Å². The van der Waals surface area contributed by atoms with E-state index in [0.717, 1.165) is 17.6 Å². The van der Waals surface area contributed by atoms with Crippen LogP contribution in [0.15, 0.2) is 42.6 Å². The number of aromatic nitrogens is 2. The standard InChI is InChI=1S/C19H18N2O3/c1-2-14-9-15-10-17(19(22)23)18(11-21(15)20-14)24-16-5-3-4-13(8-16)12-6-7-12/h3-5,8-12H,2,6-7H2,1H3,(H,22,23). The maximum atomic E-state index is 11.6. The number of hydrogen-bond acceptors (Lipinski definition) is 3. The van der Waals surface area contributed by atoms with Crippen molar-refractivity contribution in [2.24, 2.45) is 0 Å². The van der Waals surface area contributed by atoms with Crippen LogP contribution in [0.4, 0.5) is 0 Å². The highest BCUT2D eigenvalue weighted by atomic mass is 16.5. The van der Waals surface area contributed by atoms with E-state index < -0.39 is 5.97 Å². The van der Waals surface area contributed by atoms with Crippen LogP contribution in [0.1, 0.15) is 47.3 Å². The van der Waals surface area contributed by atoms with Crippen molar-refractivity contribution in [1.29, 1.82) is 0 Å². The van der Waals surface area contributed by atoms with E-state index in [9.17, 15) is 9.90 Å². The van der Waals surface area contributed by atoms with Gasteiger partial charge in [0.2, 0.25) is 0 Å². The van der Waals surface area contributed by atoms with E-state index in [1.165, 1.54) is 18.4 Å². The third kappa shape index (κ3) is 2.73. The van der Waals surface area contributed by atoms with Crippen LogP contribution < -0.4 is 4.74 Å². The number of carboxylic acids is 1. The number of carbonyl (C=O) groups is 1. The number of ether oxygens (including phenoxy) is 1. The van der Waals surface area contributed by atoms with Gasteiger partial charge < -0.3 is 9.84 Å². The first-order valence-electron chi connectivity index (χ1n) is 8.17. The van der Waals surface area contributed by atoms with Crippen LogP contribution in [0.5, 0.6) is 11.5 Å². The van der Waals surface area contributed by atoms with Gasteiger partial charge in [0, 0.05) is 0 Å². The molecule has 24 heavy (non-hydrogen) atoms. The molecule has 5 nitrogen and oxygen atoms in total. The van der Waals surface area contributed by atoms with E-state index in [0.29, 0.717) is 17.4 Å². The second-order valence-corrected chi connectivity index (χ2v) is 6.16. The average Bonchev–Trinajstić information content (AvgIpc) is 3.34. The number of nitrogens with zero attached hydrogens (tertiary/aromatic N) is 2. The molecule has 0 unspecified atom stereocenters. The average molecular weight is 322 g/mol. The molecule has 1 aliphatic rings. The van der Waals surface area contributed by atoms with Crippen molar-refractivity contribution < 1.29 is 14.6 Å². The lowest BCUT2D eigenvalue weighted by Gasteiger charge is -2.10. The Morgan fingerprint density at radius 2 is 2.17 bits per heavy atom. The highest BCUT2D eigenvalue weighted by Gasteiger charge is 2.24.